The van der Waals surface area contributed by atoms with E-state index in [1.165, 1.54) is 0 Å². The van der Waals surface area contributed by atoms with Crippen molar-refractivity contribution in [1.82, 2.24) is 0 Å². The van der Waals surface area contributed by atoms with Gasteiger partial charge in [0.1, 0.15) is 0 Å². The fourth-order valence-corrected chi connectivity index (χ4v) is 4.50. The smallest absolute Gasteiger partial charge is 0.0194 e. The number of allylic oxidation sites excluding steroid dienone is 1. The van der Waals surface area contributed by atoms with Crippen LogP contribution in [0.2, 0.25) is 0 Å². The average molecular weight is 199 g/mol. The van der Waals surface area contributed by atoms with E-state index in [1.807, 2.05) is 6.92 Å². The van der Waals surface area contributed by atoms with E-state index in [9.17, 15) is 0 Å². The van der Waals surface area contributed by atoms with E-state index in [2.05, 4.69) is 51.6 Å². The van der Waals surface area contributed by atoms with Crippen molar-refractivity contribution in [3.8, 4) is 0 Å². The molecule has 0 aromatic heterocycles. The molecule has 1 heterocycles. The standard InChI is InChI=1S/C11H21NS/c1-8(12)6-7-9-10(2,3)13-11(9,4)5/h6-9H,12H2,1-5H3. The molecule has 1 aliphatic rings. The highest BCUT2D eigenvalue weighted by Gasteiger charge is 2.52. The first-order chi connectivity index (χ1) is 5.76. The topological polar surface area (TPSA) is 26.0 Å². The van der Waals surface area contributed by atoms with Crippen LogP contribution in [0.5, 0.6) is 0 Å². The molecule has 13 heavy (non-hydrogen) atoms. The van der Waals surface area contributed by atoms with E-state index in [4.69, 9.17) is 5.73 Å². The second-order valence-corrected chi connectivity index (χ2v) is 7.34. The molecule has 1 rings (SSSR count). The van der Waals surface area contributed by atoms with Crippen LogP contribution < -0.4 is 5.73 Å². The van der Waals surface area contributed by atoms with Gasteiger partial charge in [-0.15, -0.1) is 11.8 Å². The fraction of sp³-hybridized carbons (Fsp3) is 0.818. The van der Waals surface area contributed by atoms with Gasteiger partial charge < -0.3 is 5.73 Å². The molecule has 1 nitrogen and oxygen atoms in total. The molecule has 0 aliphatic carbocycles. The molecule has 76 valence electrons. The van der Waals surface area contributed by atoms with Gasteiger partial charge in [-0.25, -0.2) is 0 Å². The van der Waals surface area contributed by atoms with Crippen LogP contribution >= 0.6 is 11.8 Å². The number of nitrogens with two attached hydrogens (primary N) is 1. The summed E-state index contributed by atoms with van der Waals surface area (Å²) in [4.78, 5) is 0. The molecule has 2 heteroatoms. The van der Waals surface area contributed by atoms with Crippen LogP contribution in [0.15, 0.2) is 12.2 Å². The molecule has 0 amide bonds. The molecule has 0 radical (unpaired) electrons. The predicted octanol–water partition coefficient (Wildman–Crippen LogP) is 2.81. The van der Waals surface area contributed by atoms with E-state index < -0.39 is 0 Å². The zero-order valence-corrected chi connectivity index (χ0v) is 10.1. The van der Waals surface area contributed by atoms with Crippen molar-refractivity contribution < 1.29 is 0 Å². The minimum Gasteiger partial charge on any atom is -0.325 e. The molecule has 0 saturated carbocycles. The predicted molar refractivity (Wildman–Crippen MR) is 62.0 cm³/mol. The number of rotatable bonds is 2. The van der Waals surface area contributed by atoms with Crippen molar-refractivity contribution in [2.24, 2.45) is 11.7 Å². The van der Waals surface area contributed by atoms with Crippen LogP contribution in [0, 0.1) is 5.92 Å². The monoisotopic (exact) mass is 199 g/mol. The number of thioether (sulfide) groups is 1. The van der Waals surface area contributed by atoms with Gasteiger partial charge in [-0.3, -0.25) is 0 Å². The SMILES string of the molecule is CC(N)C=CC1C(C)(C)SC1(C)C. The Morgan fingerprint density at radius 3 is 2.00 bits per heavy atom. The molecule has 1 aliphatic heterocycles. The molecule has 0 bridgehead atoms. The maximum atomic E-state index is 5.70. The highest BCUT2D eigenvalue weighted by Crippen LogP contribution is 2.59. The first-order valence-electron chi connectivity index (χ1n) is 4.90. The van der Waals surface area contributed by atoms with Gasteiger partial charge in [0.15, 0.2) is 0 Å². The van der Waals surface area contributed by atoms with Crippen LogP contribution in [0.25, 0.3) is 0 Å². The third kappa shape index (κ3) is 2.29. The fourth-order valence-electron chi connectivity index (χ4n) is 2.33. The molecule has 1 fully saturated rings. The summed E-state index contributed by atoms with van der Waals surface area (Å²) in [5.41, 5.74) is 5.70. The minimum atomic E-state index is 0.178. The Balaban J connectivity index is 2.67. The van der Waals surface area contributed by atoms with Gasteiger partial charge in [-0.2, -0.15) is 0 Å². The third-order valence-electron chi connectivity index (χ3n) is 2.63. The summed E-state index contributed by atoms with van der Waals surface area (Å²) in [7, 11) is 0. The lowest BCUT2D eigenvalue weighted by atomic mass is 9.81. The molecule has 1 unspecified atom stereocenters. The second kappa shape index (κ2) is 3.32. The Kier molecular flexibility index (Phi) is 2.84. The Hall–Kier alpha value is 0.0500. The summed E-state index contributed by atoms with van der Waals surface area (Å²) >= 11 is 2.06. The molecule has 0 aromatic carbocycles. The van der Waals surface area contributed by atoms with Gasteiger partial charge in [0.05, 0.1) is 0 Å². The van der Waals surface area contributed by atoms with E-state index in [0.29, 0.717) is 15.4 Å². The summed E-state index contributed by atoms with van der Waals surface area (Å²) in [6.07, 6.45) is 4.41. The molecule has 0 spiro atoms. The normalized spacial score (nSPS) is 28.8. The van der Waals surface area contributed by atoms with Crippen LogP contribution in [-0.2, 0) is 0 Å². The van der Waals surface area contributed by atoms with Crippen molar-refractivity contribution in [2.75, 3.05) is 0 Å². The van der Waals surface area contributed by atoms with E-state index >= 15 is 0 Å². The summed E-state index contributed by atoms with van der Waals surface area (Å²) in [5, 5.41) is 0. The Bertz CT molecular complexity index is 202. The summed E-state index contributed by atoms with van der Waals surface area (Å²) in [6.45, 7) is 11.2. The largest absolute Gasteiger partial charge is 0.325 e. The van der Waals surface area contributed by atoms with Crippen LogP contribution in [0.4, 0.5) is 0 Å². The lowest BCUT2D eigenvalue weighted by Gasteiger charge is -2.56. The lowest BCUT2D eigenvalue weighted by Crippen LogP contribution is -2.53. The zero-order valence-electron chi connectivity index (χ0n) is 9.29. The molecule has 0 aromatic rings. The van der Waals surface area contributed by atoms with Crippen molar-refractivity contribution in [3.63, 3.8) is 0 Å². The lowest BCUT2D eigenvalue weighted by molar-refractivity contribution is 0.365. The average Bonchev–Trinajstić information content (AvgIpc) is 1.81. The van der Waals surface area contributed by atoms with Crippen LogP contribution in [-0.4, -0.2) is 15.5 Å². The Morgan fingerprint density at radius 1 is 1.23 bits per heavy atom. The summed E-state index contributed by atoms with van der Waals surface area (Å²) in [5.74, 6) is 0.649. The Labute approximate surface area is 86.2 Å². The van der Waals surface area contributed by atoms with Crippen LogP contribution in [0.3, 0.4) is 0 Å². The zero-order chi connectivity index (χ0) is 10.3. The van der Waals surface area contributed by atoms with Crippen molar-refractivity contribution >= 4 is 11.8 Å². The first kappa shape index (κ1) is 11.1. The molecule has 1 saturated heterocycles. The molecular weight excluding hydrogens is 178 g/mol. The summed E-state index contributed by atoms with van der Waals surface area (Å²) < 4.78 is 0.768. The van der Waals surface area contributed by atoms with Crippen molar-refractivity contribution in [2.45, 2.75) is 50.2 Å². The molecule has 2 N–H and O–H groups in total. The van der Waals surface area contributed by atoms with Gasteiger partial charge in [-0.05, 0) is 6.92 Å². The maximum Gasteiger partial charge on any atom is 0.0194 e. The quantitative estimate of drug-likeness (QED) is 0.692. The van der Waals surface area contributed by atoms with Crippen molar-refractivity contribution in [1.29, 1.82) is 0 Å². The molecular formula is C11H21NS. The maximum absolute atomic E-state index is 5.70. The van der Waals surface area contributed by atoms with Crippen molar-refractivity contribution in [3.05, 3.63) is 12.2 Å². The summed E-state index contributed by atoms with van der Waals surface area (Å²) in [6, 6.07) is 0.178. The number of hydrogen-bond donors (Lipinski definition) is 1. The Morgan fingerprint density at radius 2 is 1.69 bits per heavy atom. The van der Waals surface area contributed by atoms with Gasteiger partial charge in [-0.1, -0.05) is 39.8 Å². The van der Waals surface area contributed by atoms with E-state index in [-0.39, 0.29) is 6.04 Å². The van der Waals surface area contributed by atoms with Gasteiger partial charge in [0.2, 0.25) is 0 Å². The number of hydrogen-bond acceptors (Lipinski definition) is 2. The third-order valence-corrected chi connectivity index (χ3v) is 4.19. The van der Waals surface area contributed by atoms with E-state index in [1.54, 1.807) is 0 Å². The molecule has 1 atom stereocenters. The second-order valence-electron chi connectivity index (χ2n) is 5.03. The van der Waals surface area contributed by atoms with Gasteiger partial charge in [0, 0.05) is 21.5 Å². The highest BCUT2D eigenvalue weighted by atomic mass is 32.2. The minimum absolute atomic E-state index is 0.178. The van der Waals surface area contributed by atoms with Crippen LogP contribution in [0.1, 0.15) is 34.6 Å². The first-order valence-corrected chi connectivity index (χ1v) is 5.71. The van der Waals surface area contributed by atoms with E-state index in [0.717, 1.165) is 0 Å². The van der Waals surface area contributed by atoms with Gasteiger partial charge >= 0.3 is 0 Å². The van der Waals surface area contributed by atoms with Gasteiger partial charge in [0.25, 0.3) is 0 Å². The highest BCUT2D eigenvalue weighted by molar-refractivity contribution is 8.03.